The lowest BCUT2D eigenvalue weighted by atomic mass is 9.79. The highest BCUT2D eigenvalue weighted by Gasteiger charge is 2.43. The van der Waals surface area contributed by atoms with Crippen LogP contribution in [0.1, 0.15) is 74.1 Å². The molecule has 0 bridgehead atoms. The van der Waals surface area contributed by atoms with E-state index in [1.165, 1.54) is 64.5 Å². The predicted molar refractivity (Wildman–Crippen MR) is 109 cm³/mol. The average Bonchev–Trinajstić information content (AvgIpc) is 3.35. The Bertz CT molecular complexity index is 652. The van der Waals surface area contributed by atoms with Crippen LogP contribution in [0.2, 0.25) is 0 Å². The van der Waals surface area contributed by atoms with Gasteiger partial charge in [0.2, 0.25) is 0 Å². The number of ether oxygens (including phenoxy) is 1. The molecule has 1 amide bonds. The lowest BCUT2D eigenvalue weighted by molar-refractivity contribution is 0.0645. The molecule has 1 spiro atoms. The van der Waals surface area contributed by atoms with E-state index >= 15 is 0 Å². The second kappa shape index (κ2) is 9.00. The normalized spacial score (nSPS) is 27.0. The monoisotopic (exact) mass is 388 g/mol. The van der Waals surface area contributed by atoms with E-state index in [1.807, 2.05) is 11.0 Å². The van der Waals surface area contributed by atoms with Gasteiger partial charge in [-0.3, -0.25) is 4.79 Å². The third-order valence-corrected chi connectivity index (χ3v) is 7.20. The van der Waals surface area contributed by atoms with Crippen LogP contribution in [0.5, 0.6) is 0 Å². The summed E-state index contributed by atoms with van der Waals surface area (Å²) in [7, 11) is 1.64. The summed E-state index contributed by atoms with van der Waals surface area (Å²) >= 11 is 0. The van der Waals surface area contributed by atoms with Gasteiger partial charge in [-0.1, -0.05) is 32.1 Å². The van der Waals surface area contributed by atoms with Gasteiger partial charge in [0.05, 0.1) is 0 Å². The highest BCUT2D eigenvalue weighted by Crippen LogP contribution is 2.40. The Morgan fingerprint density at radius 1 is 1.14 bits per heavy atom. The summed E-state index contributed by atoms with van der Waals surface area (Å²) in [5.74, 6) is 2.16. The minimum absolute atomic E-state index is 0.0403. The molecular formula is C23H36N2O3. The van der Waals surface area contributed by atoms with Crippen molar-refractivity contribution in [3.05, 3.63) is 23.7 Å². The summed E-state index contributed by atoms with van der Waals surface area (Å²) in [4.78, 5) is 17.6. The number of hydrogen-bond donors (Lipinski definition) is 0. The Hall–Kier alpha value is -1.33. The van der Waals surface area contributed by atoms with Crippen LogP contribution in [-0.4, -0.2) is 55.5 Å². The standard InChI is InChI=1S/C23H36N2O3/c1-27-16-20-8-9-21(28-20)22(26)25-15-12-23(18-25)11-5-13-24(17-23)14-10-19-6-3-2-4-7-19/h8-9,19H,2-7,10-18H2,1H3/t23-/m1/s1. The molecule has 1 aromatic heterocycles. The van der Waals surface area contributed by atoms with Gasteiger partial charge in [0.25, 0.3) is 5.91 Å². The molecule has 5 heteroatoms. The highest BCUT2D eigenvalue weighted by atomic mass is 16.5. The minimum Gasteiger partial charge on any atom is -0.453 e. The highest BCUT2D eigenvalue weighted by molar-refractivity contribution is 5.91. The third kappa shape index (κ3) is 4.62. The fourth-order valence-electron chi connectivity index (χ4n) is 5.65. The van der Waals surface area contributed by atoms with Crippen molar-refractivity contribution in [2.75, 3.05) is 39.8 Å². The van der Waals surface area contributed by atoms with Crippen molar-refractivity contribution >= 4 is 5.91 Å². The van der Waals surface area contributed by atoms with Crippen molar-refractivity contribution in [2.24, 2.45) is 11.3 Å². The minimum atomic E-state index is 0.0403. The molecule has 156 valence electrons. The summed E-state index contributed by atoms with van der Waals surface area (Å²) in [6.45, 7) is 5.80. The van der Waals surface area contributed by atoms with Crippen molar-refractivity contribution in [1.82, 2.24) is 9.80 Å². The Morgan fingerprint density at radius 2 is 2.00 bits per heavy atom. The van der Waals surface area contributed by atoms with E-state index in [1.54, 1.807) is 13.2 Å². The SMILES string of the molecule is COCc1ccc(C(=O)N2CC[C@@]3(CCCN(CCC4CCCCC4)C3)C2)o1. The molecule has 3 heterocycles. The number of methoxy groups -OCH3 is 1. The van der Waals surface area contributed by atoms with E-state index in [2.05, 4.69) is 4.90 Å². The third-order valence-electron chi connectivity index (χ3n) is 7.20. The van der Waals surface area contributed by atoms with Crippen LogP contribution in [0.3, 0.4) is 0 Å². The zero-order valence-corrected chi connectivity index (χ0v) is 17.5. The van der Waals surface area contributed by atoms with Gasteiger partial charge in [-0.05, 0) is 56.8 Å². The fourth-order valence-corrected chi connectivity index (χ4v) is 5.65. The van der Waals surface area contributed by atoms with E-state index in [9.17, 15) is 4.79 Å². The second-order valence-corrected chi connectivity index (χ2v) is 9.35. The maximum absolute atomic E-state index is 12.9. The molecule has 0 aromatic carbocycles. The molecule has 2 aliphatic heterocycles. The predicted octanol–water partition coefficient (Wildman–Crippen LogP) is 4.32. The summed E-state index contributed by atoms with van der Waals surface area (Å²) < 4.78 is 10.8. The van der Waals surface area contributed by atoms with Gasteiger partial charge < -0.3 is 19.0 Å². The number of piperidine rings is 1. The van der Waals surface area contributed by atoms with E-state index in [-0.39, 0.29) is 5.91 Å². The Kier molecular flexibility index (Phi) is 6.42. The van der Waals surface area contributed by atoms with Gasteiger partial charge >= 0.3 is 0 Å². The van der Waals surface area contributed by atoms with E-state index in [0.29, 0.717) is 23.5 Å². The number of amides is 1. The molecule has 1 atom stereocenters. The van der Waals surface area contributed by atoms with Gasteiger partial charge in [-0.15, -0.1) is 0 Å². The lowest BCUT2D eigenvalue weighted by Crippen LogP contribution is -2.45. The van der Waals surface area contributed by atoms with Crippen LogP contribution in [0, 0.1) is 11.3 Å². The van der Waals surface area contributed by atoms with Gasteiger partial charge in [0.1, 0.15) is 12.4 Å². The number of carbonyl (C=O) groups excluding carboxylic acids is 1. The Morgan fingerprint density at radius 3 is 2.82 bits per heavy atom. The molecule has 5 nitrogen and oxygen atoms in total. The molecule has 4 rings (SSSR count). The van der Waals surface area contributed by atoms with Gasteiger partial charge in [-0.25, -0.2) is 0 Å². The van der Waals surface area contributed by atoms with E-state index < -0.39 is 0 Å². The number of hydrogen-bond acceptors (Lipinski definition) is 4. The van der Waals surface area contributed by atoms with E-state index in [0.717, 1.165) is 32.0 Å². The van der Waals surface area contributed by atoms with Crippen LogP contribution in [-0.2, 0) is 11.3 Å². The second-order valence-electron chi connectivity index (χ2n) is 9.35. The molecular weight excluding hydrogens is 352 g/mol. The van der Waals surface area contributed by atoms with Crippen molar-refractivity contribution < 1.29 is 13.9 Å². The Balaban J connectivity index is 1.30. The average molecular weight is 389 g/mol. The quantitative estimate of drug-likeness (QED) is 0.728. The first-order chi connectivity index (χ1) is 13.7. The fraction of sp³-hybridized carbons (Fsp3) is 0.783. The molecule has 2 saturated heterocycles. The first kappa shape index (κ1) is 20.0. The van der Waals surface area contributed by atoms with Crippen LogP contribution in [0.15, 0.2) is 16.5 Å². The smallest absolute Gasteiger partial charge is 0.289 e. The van der Waals surface area contributed by atoms with Crippen molar-refractivity contribution in [1.29, 1.82) is 0 Å². The molecule has 0 radical (unpaired) electrons. The van der Waals surface area contributed by atoms with Gasteiger partial charge in [0, 0.05) is 32.2 Å². The summed E-state index contributed by atoms with van der Waals surface area (Å²) in [6.07, 6.45) is 12.2. The number of likely N-dealkylation sites (tertiary alicyclic amines) is 2. The molecule has 1 aromatic rings. The van der Waals surface area contributed by atoms with Crippen LogP contribution >= 0.6 is 0 Å². The number of rotatable bonds is 6. The maximum atomic E-state index is 12.9. The van der Waals surface area contributed by atoms with Crippen LogP contribution in [0.25, 0.3) is 0 Å². The molecule has 3 fully saturated rings. The van der Waals surface area contributed by atoms with Crippen molar-refractivity contribution in [3.63, 3.8) is 0 Å². The molecule has 0 unspecified atom stereocenters. The molecule has 1 saturated carbocycles. The first-order valence-corrected chi connectivity index (χ1v) is 11.3. The summed E-state index contributed by atoms with van der Waals surface area (Å²) in [5, 5.41) is 0. The number of carbonyl (C=O) groups is 1. The molecule has 3 aliphatic rings. The zero-order valence-electron chi connectivity index (χ0n) is 17.5. The number of nitrogens with zero attached hydrogens (tertiary/aromatic N) is 2. The van der Waals surface area contributed by atoms with Crippen molar-refractivity contribution in [3.8, 4) is 0 Å². The van der Waals surface area contributed by atoms with Gasteiger partial charge in [0.15, 0.2) is 5.76 Å². The number of furan rings is 1. The lowest BCUT2D eigenvalue weighted by Gasteiger charge is -2.41. The van der Waals surface area contributed by atoms with Crippen molar-refractivity contribution in [2.45, 2.75) is 64.4 Å². The first-order valence-electron chi connectivity index (χ1n) is 11.3. The van der Waals surface area contributed by atoms with Crippen LogP contribution < -0.4 is 0 Å². The van der Waals surface area contributed by atoms with E-state index in [4.69, 9.17) is 9.15 Å². The zero-order chi connectivity index (χ0) is 19.4. The summed E-state index contributed by atoms with van der Waals surface area (Å²) in [6, 6.07) is 3.63. The van der Waals surface area contributed by atoms with Gasteiger partial charge in [-0.2, -0.15) is 0 Å². The molecule has 0 N–H and O–H groups in total. The molecule has 1 aliphatic carbocycles. The largest absolute Gasteiger partial charge is 0.453 e. The van der Waals surface area contributed by atoms with Crippen LogP contribution in [0.4, 0.5) is 0 Å². The summed E-state index contributed by atoms with van der Waals surface area (Å²) in [5.41, 5.74) is 0.294. The topological polar surface area (TPSA) is 45.9 Å². The maximum Gasteiger partial charge on any atom is 0.289 e. The molecule has 28 heavy (non-hydrogen) atoms. The Labute approximate surface area is 169 Å².